The van der Waals surface area contributed by atoms with Gasteiger partial charge in [0.05, 0.1) is 28.4 Å². The molecule has 0 aromatic heterocycles. The fraction of sp³-hybridized carbons (Fsp3) is 0.348. The summed E-state index contributed by atoms with van der Waals surface area (Å²) in [6.45, 7) is 2.46. The molecule has 2 amide bonds. The fourth-order valence-electron chi connectivity index (χ4n) is 3.87. The molecule has 2 aliphatic heterocycles. The van der Waals surface area contributed by atoms with Crippen molar-refractivity contribution >= 4 is 50.3 Å². The van der Waals surface area contributed by atoms with E-state index in [1.54, 1.807) is 30.0 Å². The number of amides is 2. The first kappa shape index (κ1) is 24.2. The van der Waals surface area contributed by atoms with Gasteiger partial charge in [0.1, 0.15) is 6.54 Å². The molecule has 2 aromatic carbocycles. The van der Waals surface area contributed by atoms with Crippen LogP contribution < -0.4 is 0 Å². The predicted molar refractivity (Wildman–Crippen MR) is 128 cm³/mol. The zero-order valence-electron chi connectivity index (χ0n) is 18.7. The molecule has 180 valence electrons. The highest BCUT2D eigenvalue weighted by Crippen LogP contribution is 2.29. The van der Waals surface area contributed by atoms with Crippen molar-refractivity contribution in [1.29, 1.82) is 0 Å². The highest BCUT2D eigenvalue weighted by Gasteiger charge is 2.34. The van der Waals surface area contributed by atoms with Gasteiger partial charge in [-0.15, -0.1) is 0 Å². The number of hydrogen-bond acceptors (Lipinski definition) is 7. The zero-order valence-corrected chi connectivity index (χ0v) is 20.3. The Kier molecular flexibility index (Phi) is 7.24. The summed E-state index contributed by atoms with van der Waals surface area (Å²) in [6.07, 6.45) is 1.22. The molecule has 11 heteroatoms. The van der Waals surface area contributed by atoms with Crippen molar-refractivity contribution in [2.45, 2.75) is 11.8 Å². The molecule has 2 aromatic rings. The maximum absolute atomic E-state index is 13.1. The number of piperazine rings is 1. The molecule has 2 heterocycles. The lowest BCUT2D eigenvalue weighted by atomic mass is 10.1. The molecule has 2 fully saturated rings. The van der Waals surface area contributed by atoms with E-state index in [4.69, 9.17) is 4.74 Å². The number of sulfonamides is 1. The van der Waals surface area contributed by atoms with Crippen LogP contribution >= 0.6 is 11.8 Å². The molecular formula is C23H25N3O6S2. The largest absolute Gasteiger partial charge is 0.463 e. The van der Waals surface area contributed by atoms with E-state index in [1.165, 1.54) is 27.0 Å². The average Bonchev–Trinajstić information content (AvgIpc) is 3.17. The molecule has 0 N–H and O–H groups in total. The van der Waals surface area contributed by atoms with Gasteiger partial charge < -0.3 is 9.64 Å². The van der Waals surface area contributed by atoms with E-state index >= 15 is 0 Å². The summed E-state index contributed by atoms with van der Waals surface area (Å²) in [6, 6.07) is 12.6. The van der Waals surface area contributed by atoms with Gasteiger partial charge in [0.2, 0.25) is 21.8 Å². The molecule has 0 spiro atoms. The SMILES string of the molecule is CCOC(=O)/C=C1\SCC(=O)N1CC(=O)N1CCN(S(=O)(=O)c2ccc3ccccc3c2)CC1. The van der Waals surface area contributed by atoms with Gasteiger partial charge in [0, 0.05) is 26.2 Å². The second-order valence-electron chi connectivity index (χ2n) is 7.80. The van der Waals surface area contributed by atoms with Crippen LogP contribution in [0.1, 0.15) is 6.92 Å². The minimum Gasteiger partial charge on any atom is -0.463 e. The maximum atomic E-state index is 13.1. The lowest BCUT2D eigenvalue weighted by Crippen LogP contribution is -2.52. The van der Waals surface area contributed by atoms with Crippen LogP contribution in [-0.2, 0) is 29.1 Å². The minimum absolute atomic E-state index is 0.149. The summed E-state index contributed by atoms with van der Waals surface area (Å²) >= 11 is 1.18. The first-order chi connectivity index (χ1) is 16.3. The number of esters is 1. The third kappa shape index (κ3) is 5.11. The quantitative estimate of drug-likeness (QED) is 0.436. The number of rotatable bonds is 6. The summed E-state index contributed by atoms with van der Waals surface area (Å²) in [5, 5.41) is 2.19. The van der Waals surface area contributed by atoms with E-state index in [1.807, 2.05) is 24.3 Å². The number of ether oxygens (including phenoxy) is 1. The van der Waals surface area contributed by atoms with E-state index in [2.05, 4.69) is 0 Å². The van der Waals surface area contributed by atoms with Crippen molar-refractivity contribution in [3.63, 3.8) is 0 Å². The molecule has 0 bridgehead atoms. The summed E-state index contributed by atoms with van der Waals surface area (Å²) in [5.41, 5.74) is 0. The number of carbonyl (C=O) groups is 3. The summed E-state index contributed by atoms with van der Waals surface area (Å²) in [5.74, 6) is -0.972. The van der Waals surface area contributed by atoms with Gasteiger partial charge in [0.15, 0.2) is 0 Å². The molecule has 4 rings (SSSR count). The van der Waals surface area contributed by atoms with Crippen LogP contribution in [0.25, 0.3) is 10.8 Å². The number of benzene rings is 2. The van der Waals surface area contributed by atoms with Crippen molar-refractivity contribution in [1.82, 2.24) is 14.1 Å². The van der Waals surface area contributed by atoms with E-state index < -0.39 is 16.0 Å². The van der Waals surface area contributed by atoms with E-state index in [-0.39, 0.29) is 61.8 Å². The molecule has 0 atom stereocenters. The Morgan fingerprint density at radius 3 is 2.47 bits per heavy atom. The Hall–Kier alpha value is -2.89. The normalized spacial score (nSPS) is 18.6. The van der Waals surface area contributed by atoms with Crippen LogP contribution in [0.2, 0.25) is 0 Å². The van der Waals surface area contributed by atoms with Crippen LogP contribution in [-0.4, -0.2) is 85.4 Å². The van der Waals surface area contributed by atoms with Crippen LogP contribution in [0.15, 0.2) is 58.5 Å². The third-order valence-corrected chi connectivity index (χ3v) is 8.60. The molecule has 34 heavy (non-hydrogen) atoms. The molecule has 2 saturated heterocycles. The molecular weight excluding hydrogens is 478 g/mol. The summed E-state index contributed by atoms with van der Waals surface area (Å²) in [4.78, 5) is 39.9. The lowest BCUT2D eigenvalue weighted by Gasteiger charge is -2.34. The Morgan fingerprint density at radius 1 is 1.06 bits per heavy atom. The first-order valence-electron chi connectivity index (χ1n) is 10.9. The monoisotopic (exact) mass is 503 g/mol. The van der Waals surface area contributed by atoms with Gasteiger partial charge in [-0.2, -0.15) is 4.31 Å². The van der Waals surface area contributed by atoms with Crippen molar-refractivity contribution in [2.75, 3.05) is 45.1 Å². The van der Waals surface area contributed by atoms with Crippen LogP contribution in [0.4, 0.5) is 0 Å². The Morgan fingerprint density at radius 2 is 1.76 bits per heavy atom. The molecule has 9 nitrogen and oxygen atoms in total. The first-order valence-corrected chi connectivity index (χ1v) is 13.3. The Balaban J connectivity index is 1.39. The number of thioether (sulfide) groups is 1. The number of fused-ring (bicyclic) bond motifs is 1. The minimum atomic E-state index is -3.69. The van der Waals surface area contributed by atoms with Gasteiger partial charge in [-0.25, -0.2) is 13.2 Å². The maximum Gasteiger partial charge on any atom is 0.333 e. The Labute approximate surface area is 202 Å². The molecule has 0 radical (unpaired) electrons. The van der Waals surface area contributed by atoms with Crippen LogP contribution in [0.5, 0.6) is 0 Å². The van der Waals surface area contributed by atoms with Crippen LogP contribution in [0, 0.1) is 0 Å². The van der Waals surface area contributed by atoms with Gasteiger partial charge >= 0.3 is 5.97 Å². The molecule has 0 aliphatic carbocycles. The third-order valence-electron chi connectivity index (χ3n) is 5.68. The predicted octanol–water partition coefficient (Wildman–Crippen LogP) is 1.65. The van der Waals surface area contributed by atoms with Crippen LogP contribution in [0.3, 0.4) is 0 Å². The average molecular weight is 504 g/mol. The fourth-order valence-corrected chi connectivity index (χ4v) is 6.26. The standard InChI is InChI=1S/C23H25N3O6S2/c1-2-32-23(29)14-22-26(21(28)16-33-22)15-20(27)24-9-11-25(12-10-24)34(30,31)19-8-7-17-5-3-4-6-18(17)13-19/h3-8,13-14H,2,9-12,15-16H2,1H3/b22-14-. The topological polar surface area (TPSA) is 104 Å². The molecule has 0 saturated carbocycles. The Bertz CT molecular complexity index is 1250. The van der Waals surface area contributed by atoms with E-state index in [0.29, 0.717) is 5.03 Å². The summed E-state index contributed by atoms with van der Waals surface area (Å²) in [7, 11) is -3.69. The van der Waals surface area contributed by atoms with Gasteiger partial charge in [-0.1, -0.05) is 42.1 Å². The van der Waals surface area contributed by atoms with E-state index in [9.17, 15) is 22.8 Å². The number of hydrogen-bond donors (Lipinski definition) is 0. The second kappa shape index (κ2) is 10.2. The van der Waals surface area contributed by atoms with Gasteiger partial charge in [0.25, 0.3) is 0 Å². The highest BCUT2D eigenvalue weighted by molar-refractivity contribution is 8.04. The highest BCUT2D eigenvalue weighted by atomic mass is 32.2. The van der Waals surface area contributed by atoms with Gasteiger partial charge in [-0.05, 0) is 29.8 Å². The number of carbonyl (C=O) groups excluding carboxylic acids is 3. The van der Waals surface area contributed by atoms with Crippen molar-refractivity contribution < 1.29 is 27.5 Å². The van der Waals surface area contributed by atoms with E-state index in [0.717, 1.165) is 10.8 Å². The molecule has 0 unspecified atom stereocenters. The van der Waals surface area contributed by atoms with Gasteiger partial charge in [-0.3, -0.25) is 14.5 Å². The zero-order chi connectivity index (χ0) is 24.3. The molecule has 2 aliphatic rings. The number of nitrogens with zero attached hydrogens (tertiary/aromatic N) is 3. The second-order valence-corrected chi connectivity index (χ2v) is 10.7. The lowest BCUT2D eigenvalue weighted by molar-refractivity contribution is -0.139. The smallest absolute Gasteiger partial charge is 0.333 e. The van der Waals surface area contributed by atoms with Crippen molar-refractivity contribution in [3.8, 4) is 0 Å². The van der Waals surface area contributed by atoms with Crippen molar-refractivity contribution in [3.05, 3.63) is 53.6 Å². The van der Waals surface area contributed by atoms with Crippen molar-refractivity contribution in [2.24, 2.45) is 0 Å². The summed E-state index contributed by atoms with van der Waals surface area (Å²) < 4.78 is 32.6.